The Kier molecular flexibility index (Phi) is 6.17. The van der Waals surface area contributed by atoms with Gasteiger partial charge in [-0.2, -0.15) is 0 Å². The molecule has 0 fully saturated rings. The molecule has 0 bridgehead atoms. The zero-order chi connectivity index (χ0) is 15.2. The van der Waals surface area contributed by atoms with Crippen molar-refractivity contribution < 1.29 is 9.47 Å². The second kappa shape index (κ2) is 7.89. The van der Waals surface area contributed by atoms with E-state index in [1.165, 1.54) is 0 Å². The van der Waals surface area contributed by atoms with Crippen molar-refractivity contribution in [3.63, 3.8) is 0 Å². The van der Waals surface area contributed by atoms with Crippen LogP contribution in [0.1, 0.15) is 17.3 Å². The molecule has 0 aliphatic carbocycles. The predicted molar refractivity (Wildman–Crippen MR) is 89.5 cm³/mol. The van der Waals surface area contributed by atoms with Gasteiger partial charge >= 0.3 is 0 Å². The van der Waals surface area contributed by atoms with E-state index in [1.54, 1.807) is 13.3 Å². The van der Waals surface area contributed by atoms with Crippen LogP contribution in [0.5, 0.6) is 5.75 Å². The summed E-state index contributed by atoms with van der Waals surface area (Å²) in [4.78, 5) is 4.39. The number of hydrogen-bond acceptors (Lipinski definition) is 4. The van der Waals surface area contributed by atoms with E-state index in [1.807, 2.05) is 30.3 Å². The van der Waals surface area contributed by atoms with Crippen LogP contribution >= 0.6 is 31.9 Å². The maximum absolute atomic E-state index is 6.35. The lowest BCUT2D eigenvalue weighted by atomic mass is 10.0. The molecule has 2 N–H and O–H groups in total. The van der Waals surface area contributed by atoms with Gasteiger partial charge in [-0.15, -0.1) is 0 Å². The van der Waals surface area contributed by atoms with Crippen LogP contribution in [0.2, 0.25) is 0 Å². The molecule has 0 saturated carbocycles. The van der Waals surface area contributed by atoms with Crippen molar-refractivity contribution in [1.29, 1.82) is 0 Å². The minimum absolute atomic E-state index is 0.369. The van der Waals surface area contributed by atoms with Gasteiger partial charge in [-0.3, -0.25) is 4.98 Å². The molecule has 0 aliphatic heterocycles. The minimum Gasteiger partial charge on any atom is -0.491 e. The summed E-state index contributed by atoms with van der Waals surface area (Å²) in [6, 6.07) is 9.26. The minimum atomic E-state index is -0.369. The van der Waals surface area contributed by atoms with E-state index in [4.69, 9.17) is 15.2 Å². The van der Waals surface area contributed by atoms with Crippen molar-refractivity contribution in [3.05, 3.63) is 56.7 Å². The average Bonchev–Trinajstić information content (AvgIpc) is 2.47. The molecule has 21 heavy (non-hydrogen) atoms. The lowest BCUT2D eigenvalue weighted by molar-refractivity contribution is 0.145. The number of para-hydroxylation sites is 1. The zero-order valence-electron chi connectivity index (χ0n) is 11.6. The first-order chi connectivity index (χ1) is 10.1. The summed E-state index contributed by atoms with van der Waals surface area (Å²) in [7, 11) is 1.64. The van der Waals surface area contributed by atoms with E-state index < -0.39 is 0 Å². The van der Waals surface area contributed by atoms with Crippen molar-refractivity contribution >= 4 is 31.9 Å². The number of rotatable bonds is 6. The maximum atomic E-state index is 6.35. The van der Waals surface area contributed by atoms with Gasteiger partial charge in [0.15, 0.2) is 0 Å². The van der Waals surface area contributed by atoms with Crippen molar-refractivity contribution in [2.45, 2.75) is 6.04 Å². The molecular weight excluding hydrogens is 400 g/mol. The summed E-state index contributed by atoms with van der Waals surface area (Å²) in [6.45, 7) is 1.01. The monoisotopic (exact) mass is 414 g/mol. The van der Waals surface area contributed by atoms with Crippen molar-refractivity contribution in [3.8, 4) is 5.75 Å². The molecule has 1 heterocycles. The number of halogens is 2. The van der Waals surface area contributed by atoms with Gasteiger partial charge in [0.05, 0.1) is 18.3 Å². The maximum Gasteiger partial charge on any atom is 0.124 e. The van der Waals surface area contributed by atoms with E-state index in [0.29, 0.717) is 13.2 Å². The Bertz CT molecular complexity index is 608. The van der Waals surface area contributed by atoms with E-state index in [9.17, 15) is 0 Å². The van der Waals surface area contributed by atoms with Gasteiger partial charge in [0.1, 0.15) is 12.4 Å². The molecule has 1 aromatic heterocycles. The first-order valence-electron chi connectivity index (χ1n) is 6.40. The molecule has 4 nitrogen and oxygen atoms in total. The quantitative estimate of drug-likeness (QED) is 0.731. The third-order valence-electron chi connectivity index (χ3n) is 2.93. The largest absolute Gasteiger partial charge is 0.491 e. The van der Waals surface area contributed by atoms with Gasteiger partial charge in [-0.1, -0.05) is 18.2 Å². The topological polar surface area (TPSA) is 57.4 Å². The summed E-state index contributed by atoms with van der Waals surface area (Å²) in [6.07, 6.45) is 1.73. The predicted octanol–water partition coefficient (Wildman–Crippen LogP) is 3.68. The number of ether oxygens (including phenoxy) is 2. The second-order valence-electron chi connectivity index (χ2n) is 4.38. The number of pyridine rings is 1. The Labute approximate surface area is 140 Å². The fourth-order valence-electron chi connectivity index (χ4n) is 1.91. The number of nitrogens with zero attached hydrogens (tertiary/aromatic N) is 1. The number of aromatic nitrogens is 1. The first kappa shape index (κ1) is 16.4. The lowest BCUT2D eigenvalue weighted by Crippen LogP contribution is -2.16. The molecule has 1 atom stereocenters. The highest BCUT2D eigenvalue weighted by molar-refractivity contribution is 9.11. The van der Waals surface area contributed by atoms with Gasteiger partial charge in [-0.05, 0) is 44.0 Å². The van der Waals surface area contributed by atoms with E-state index in [-0.39, 0.29) is 6.04 Å². The van der Waals surface area contributed by atoms with Crippen LogP contribution in [0, 0.1) is 0 Å². The third kappa shape index (κ3) is 4.26. The van der Waals surface area contributed by atoms with Crippen LogP contribution in [-0.4, -0.2) is 25.3 Å². The van der Waals surface area contributed by atoms with Gasteiger partial charge in [0.2, 0.25) is 0 Å². The Morgan fingerprint density at radius 2 is 2.00 bits per heavy atom. The Balaban J connectivity index is 2.27. The standard InChI is InChI=1S/C15H16Br2N2O2/c1-20-6-7-21-13-5-3-2-4-11(13)14(18)15-12(17)8-10(16)9-19-15/h2-5,8-9,14H,6-7,18H2,1H3. The Hall–Kier alpha value is -0.950. The van der Waals surface area contributed by atoms with E-state index >= 15 is 0 Å². The third-order valence-corrected chi connectivity index (χ3v) is 4.00. The fourth-order valence-corrected chi connectivity index (χ4v) is 3.14. The van der Waals surface area contributed by atoms with Crippen LogP contribution < -0.4 is 10.5 Å². The molecule has 6 heteroatoms. The highest BCUT2D eigenvalue weighted by atomic mass is 79.9. The SMILES string of the molecule is COCCOc1ccccc1C(N)c1ncc(Br)cc1Br. The lowest BCUT2D eigenvalue weighted by Gasteiger charge is -2.17. The molecule has 2 aromatic rings. The van der Waals surface area contributed by atoms with Crippen molar-refractivity contribution in [1.82, 2.24) is 4.98 Å². The van der Waals surface area contributed by atoms with Crippen molar-refractivity contribution in [2.75, 3.05) is 20.3 Å². The molecule has 2 rings (SSSR count). The normalized spacial score (nSPS) is 12.2. The molecule has 0 aliphatic rings. The summed E-state index contributed by atoms with van der Waals surface area (Å²) >= 11 is 6.89. The molecule has 112 valence electrons. The van der Waals surface area contributed by atoms with Gasteiger partial charge in [0.25, 0.3) is 0 Å². The average molecular weight is 416 g/mol. The highest BCUT2D eigenvalue weighted by Crippen LogP contribution is 2.31. The molecular formula is C15H16Br2N2O2. The number of benzene rings is 1. The van der Waals surface area contributed by atoms with Crippen LogP contribution in [0.15, 0.2) is 45.5 Å². The van der Waals surface area contributed by atoms with Gasteiger partial charge in [0, 0.05) is 27.8 Å². The van der Waals surface area contributed by atoms with Crippen molar-refractivity contribution in [2.24, 2.45) is 5.73 Å². The summed E-state index contributed by atoms with van der Waals surface area (Å²) in [5, 5.41) is 0. The molecule has 0 amide bonds. The fraction of sp³-hybridized carbons (Fsp3) is 0.267. The first-order valence-corrected chi connectivity index (χ1v) is 7.99. The Morgan fingerprint density at radius 3 is 2.71 bits per heavy atom. The van der Waals surface area contributed by atoms with Gasteiger partial charge in [-0.25, -0.2) is 0 Å². The number of hydrogen-bond donors (Lipinski definition) is 1. The van der Waals surface area contributed by atoms with Crippen LogP contribution in [0.4, 0.5) is 0 Å². The Morgan fingerprint density at radius 1 is 1.24 bits per heavy atom. The van der Waals surface area contributed by atoms with E-state index in [2.05, 4.69) is 36.8 Å². The molecule has 1 unspecified atom stereocenters. The van der Waals surface area contributed by atoms with Gasteiger partial charge < -0.3 is 15.2 Å². The highest BCUT2D eigenvalue weighted by Gasteiger charge is 2.18. The summed E-state index contributed by atoms with van der Waals surface area (Å²) in [5.74, 6) is 0.749. The van der Waals surface area contributed by atoms with Crippen LogP contribution in [0.3, 0.4) is 0 Å². The second-order valence-corrected chi connectivity index (χ2v) is 6.15. The zero-order valence-corrected chi connectivity index (χ0v) is 14.7. The summed E-state index contributed by atoms with van der Waals surface area (Å²) in [5.41, 5.74) is 8.01. The molecule has 1 aromatic carbocycles. The van der Waals surface area contributed by atoms with E-state index in [0.717, 1.165) is 26.0 Å². The van der Waals surface area contributed by atoms with Crippen LogP contribution in [-0.2, 0) is 4.74 Å². The molecule has 0 radical (unpaired) electrons. The number of methoxy groups -OCH3 is 1. The number of nitrogens with two attached hydrogens (primary N) is 1. The molecule has 0 saturated heterocycles. The van der Waals surface area contributed by atoms with Crippen LogP contribution in [0.25, 0.3) is 0 Å². The smallest absolute Gasteiger partial charge is 0.124 e. The summed E-state index contributed by atoms with van der Waals surface area (Å²) < 4.78 is 12.5. The molecule has 0 spiro atoms.